The molecule has 4 atom stereocenters. The van der Waals surface area contributed by atoms with Crippen molar-refractivity contribution in [1.29, 1.82) is 0 Å². The third kappa shape index (κ3) is 2.48. The van der Waals surface area contributed by atoms with Gasteiger partial charge >= 0.3 is 5.69 Å². The number of nitrogens with one attached hydrogen (secondary N) is 1. The van der Waals surface area contributed by atoms with E-state index in [1.807, 2.05) is 5.92 Å². The molecule has 10 heteroatoms. The van der Waals surface area contributed by atoms with E-state index in [0.717, 1.165) is 0 Å². The van der Waals surface area contributed by atoms with Crippen LogP contribution in [0.1, 0.15) is 8.97 Å². The molecule has 114 valence electrons. The van der Waals surface area contributed by atoms with E-state index in [2.05, 4.69) is 0 Å². The summed E-state index contributed by atoms with van der Waals surface area (Å²) in [7, 11) is 0. The molecule has 0 spiro atoms. The van der Waals surface area contributed by atoms with Crippen LogP contribution in [-0.4, -0.2) is 49.2 Å². The minimum Gasteiger partial charge on any atom is -0.394 e. The lowest BCUT2D eigenvalue weighted by molar-refractivity contribution is -0.0769. The number of rotatable bonds is 2. The van der Waals surface area contributed by atoms with Crippen molar-refractivity contribution in [3.05, 3.63) is 32.9 Å². The molecule has 0 aliphatic carbocycles. The Morgan fingerprint density at radius 1 is 1.67 bits per heavy atom. The lowest BCUT2D eigenvalue weighted by Crippen LogP contribution is -2.48. The second-order valence-electron chi connectivity index (χ2n) is 4.17. The van der Waals surface area contributed by atoms with Crippen molar-refractivity contribution >= 4 is 11.6 Å². The third-order valence-electron chi connectivity index (χ3n) is 2.94. The minimum absolute atomic E-state index is 0.354. The van der Waals surface area contributed by atoms with Gasteiger partial charge in [-0.3, -0.25) is 14.3 Å². The highest BCUT2D eigenvalue weighted by Crippen LogP contribution is 2.37. The standard InChI is InChI=1S/C11H10ClFN2O6/c12-2-1-11(20)7(17)6(4-16)21-9(11)15-3-5(13)8(18)14-10(15)19/h3,6-7,9,16-17,20H,4H2,(H,14,18,19)/t6-,7+,9-,11?/m1/s1/i4D2. The van der Waals surface area contributed by atoms with E-state index in [1.165, 1.54) is 0 Å². The smallest absolute Gasteiger partial charge is 0.330 e. The topological polar surface area (TPSA) is 125 Å². The highest BCUT2D eigenvalue weighted by Gasteiger charge is 2.56. The molecule has 0 aromatic carbocycles. The van der Waals surface area contributed by atoms with Gasteiger partial charge in [0.15, 0.2) is 6.23 Å². The highest BCUT2D eigenvalue weighted by atomic mass is 35.5. The molecule has 1 unspecified atom stereocenters. The van der Waals surface area contributed by atoms with Crippen LogP contribution in [0.5, 0.6) is 0 Å². The van der Waals surface area contributed by atoms with Crippen LogP contribution in [-0.2, 0) is 4.74 Å². The lowest BCUT2D eigenvalue weighted by atomic mass is 9.95. The van der Waals surface area contributed by atoms with E-state index in [9.17, 15) is 29.3 Å². The van der Waals surface area contributed by atoms with Crippen LogP contribution >= 0.6 is 11.6 Å². The van der Waals surface area contributed by atoms with E-state index in [0.29, 0.717) is 10.8 Å². The van der Waals surface area contributed by atoms with Crippen molar-refractivity contribution in [1.82, 2.24) is 9.55 Å². The van der Waals surface area contributed by atoms with Gasteiger partial charge in [-0.1, -0.05) is 0 Å². The molecule has 0 amide bonds. The number of aliphatic hydroxyl groups excluding tert-OH is 1. The molecule has 1 fully saturated rings. The van der Waals surface area contributed by atoms with Gasteiger partial charge < -0.3 is 20.1 Å². The fourth-order valence-electron chi connectivity index (χ4n) is 1.92. The predicted molar refractivity (Wildman–Crippen MR) is 66.9 cm³/mol. The summed E-state index contributed by atoms with van der Waals surface area (Å²) in [4.78, 5) is 24.4. The van der Waals surface area contributed by atoms with Crippen molar-refractivity contribution in [3.63, 3.8) is 0 Å². The Bertz CT molecular complexity index is 797. The van der Waals surface area contributed by atoms with Gasteiger partial charge in [0, 0.05) is 5.38 Å². The molecular weight excluding hydrogens is 311 g/mol. The Balaban J connectivity index is 2.64. The molecule has 1 aromatic rings. The zero-order valence-corrected chi connectivity index (χ0v) is 10.8. The molecule has 2 heterocycles. The summed E-state index contributed by atoms with van der Waals surface area (Å²) >= 11 is 5.18. The van der Waals surface area contributed by atoms with Crippen molar-refractivity contribution < 1.29 is 27.2 Å². The zero-order valence-electron chi connectivity index (χ0n) is 12.1. The molecule has 0 bridgehead atoms. The van der Waals surface area contributed by atoms with Crippen LogP contribution in [0.3, 0.4) is 0 Å². The Kier molecular flexibility index (Phi) is 3.46. The normalized spacial score (nSPS) is 33.9. The van der Waals surface area contributed by atoms with Crippen LogP contribution in [0.15, 0.2) is 15.8 Å². The van der Waals surface area contributed by atoms with Crippen molar-refractivity contribution in [2.24, 2.45) is 0 Å². The zero-order chi connectivity index (χ0) is 17.6. The molecule has 8 nitrogen and oxygen atoms in total. The number of halogens is 2. The van der Waals surface area contributed by atoms with Gasteiger partial charge in [0.2, 0.25) is 11.4 Å². The largest absolute Gasteiger partial charge is 0.394 e. The van der Waals surface area contributed by atoms with Crippen LogP contribution < -0.4 is 11.2 Å². The summed E-state index contributed by atoms with van der Waals surface area (Å²) in [6.07, 6.45) is -5.73. The summed E-state index contributed by atoms with van der Waals surface area (Å²) in [5.41, 5.74) is -5.20. The van der Waals surface area contributed by atoms with Crippen LogP contribution in [0, 0.1) is 17.1 Å². The average Bonchev–Trinajstić information content (AvgIpc) is 2.67. The molecule has 1 aromatic heterocycles. The summed E-state index contributed by atoms with van der Waals surface area (Å²) in [5.74, 6) is 0.523. The number of aromatic amines is 1. The quantitative estimate of drug-likeness (QED) is 0.460. The van der Waals surface area contributed by atoms with Crippen LogP contribution in [0.2, 0.25) is 0 Å². The minimum atomic E-state index is -3.12. The maximum Gasteiger partial charge on any atom is 0.330 e. The second kappa shape index (κ2) is 5.59. The SMILES string of the molecule is [2H]C([2H])(O)[C@H]1O[C@@H](n2cc(F)c(=O)[nH]c2=O)C(O)(C#CCl)[C@H]1O. The molecule has 1 saturated heterocycles. The van der Waals surface area contributed by atoms with Gasteiger partial charge in [0.05, 0.1) is 15.5 Å². The first-order valence-corrected chi connectivity index (χ1v) is 5.82. The Morgan fingerprint density at radius 3 is 2.90 bits per heavy atom. The Morgan fingerprint density at radius 2 is 2.33 bits per heavy atom. The van der Waals surface area contributed by atoms with E-state index in [4.69, 9.17) is 19.1 Å². The number of hydrogen-bond acceptors (Lipinski definition) is 6. The number of ether oxygens (including phenoxy) is 1. The van der Waals surface area contributed by atoms with Crippen molar-refractivity contribution in [2.75, 3.05) is 6.56 Å². The lowest BCUT2D eigenvalue weighted by Gasteiger charge is -2.26. The molecule has 1 aliphatic rings. The van der Waals surface area contributed by atoms with Gasteiger partial charge in [-0.05, 0) is 17.5 Å². The van der Waals surface area contributed by atoms with Gasteiger partial charge in [-0.2, -0.15) is 4.39 Å². The fraction of sp³-hybridized carbons (Fsp3) is 0.455. The summed E-state index contributed by atoms with van der Waals surface area (Å²) < 4.78 is 33.1. The highest BCUT2D eigenvalue weighted by molar-refractivity contribution is 6.30. The summed E-state index contributed by atoms with van der Waals surface area (Å²) in [6, 6.07) is 0. The number of H-pyrrole nitrogens is 1. The van der Waals surface area contributed by atoms with E-state index in [-0.39, 0.29) is 0 Å². The summed E-state index contributed by atoms with van der Waals surface area (Å²) in [6.45, 7) is -3.12. The molecule has 2 rings (SSSR count). The second-order valence-corrected chi connectivity index (χ2v) is 4.36. The van der Waals surface area contributed by atoms with Gasteiger partial charge in [0.1, 0.15) is 12.2 Å². The van der Waals surface area contributed by atoms with Crippen LogP contribution in [0.4, 0.5) is 4.39 Å². The number of aromatic nitrogens is 2. The number of hydrogen-bond donors (Lipinski definition) is 4. The Hall–Kier alpha value is -1.70. The molecule has 0 saturated carbocycles. The number of nitrogens with zero attached hydrogens (tertiary/aromatic N) is 1. The van der Waals surface area contributed by atoms with Gasteiger partial charge in [0.25, 0.3) is 5.56 Å². The molecule has 4 N–H and O–H groups in total. The molecule has 1 aliphatic heterocycles. The third-order valence-corrected chi connectivity index (χ3v) is 3.04. The van der Waals surface area contributed by atoms with Crippen LogP contribution in [0.25, 0.3) is 0 Å². The van der Waals surface area contributed by atoms with E-state index in [1.54, 1.807) is 10.4 Å². The van der Waals surface area contributed by atoms with Crippen molar-refractivity contribution in [3.8, 4) is 11.3 Å². The maximum atomic E-state index is 13.4. The predicted octanol–water partition coefficient (Wildman–Crippen LogP) is -2.14. The first-order valence-electron chi connectivity index (χ1n) is 6.44. The molecular formula is C11H10ClFN2O6. The Labute approximate surface area is 124 Å². The molecule has 0 radical (unpaired) electrons. The van der Waals surface area contributed by atoms with E-state index >= 15 is 0 Å². The van der Waals surface area contributed by atoms with Gasteiger partial charge in [-0.25, -0.2) is 4.79 Å². The van der Waals surface area contributed by atoms with E-state index < -0.39 is 47.7 Å². The average molecular weight is 323 g/mol. The fourth-order valence-corrected chi connectivity index (χ4v) is 2.07. The maximum absolute atomic E-state index is 13.4. The first kappa shape index (κ1) is 13.0. The van der Waals surface area contributed by atoms with Gasteiger partial charge in [-0.15, -0.1) is 0 Å². The monoisotopic (exact) mass is 322 g/mol. The number of aliphatic hydroxyl groups is 3. The van der Waals surface area contributed by atoms with Crippen molar-refractivity contribution in [2.45, 2.75) is 24.0 Å². The summed E-state index contributed by atoms with van der Waals surface area (Å²) in [5, 5.41) is 31.5. The first-order chi connectivity index (χ1) is 10.5. The molecule has 21 heavy (non-hydrogen) atoms.